The van der Waals surface area contributed by atoms with E-state index in [-0.39, 0.29) is 17.8 Å². The number of fused-ring (bicyclic) bond motifs is 1. The van der Waals surface area contributed by atoms with E-state index in [0.29, 0.717) is 72.3 Å². The second kappa shape index (κ2) is 16.0. The number of aromatic nitrogens is 3. The largest absolute Gasteiger partial charge is 0.481 e. The van der Waals surface area contributed by atoms with Crippen LogP contribution in [0, 0.1) is 5.92 Å². The van der Waals surface area contributed by atoms with Crippen molar-refractivity contribution in [1.29, 1.82) is 0 Å². The molecule has 7 rings (SSSR count). The van der Waals surface area contributed by atoms with Crippen LogP contribution in [0.3, 0.4) is 0 Å². The normalized spacial score (nSPS) is 16.8. The van der Waals surface area contributed by atoms with E-state index < -0.39 is 0 Å². The lowest BCUT2D eigenvalue weighted by Crippen LogP contribution is -2.36. The predicted molar refractivity (Wildman–Crippen MR) is 202 cm³/mol. The molecule has 0 radical (unpaired) electrons. The quantitative estimate of drug-likeness (QED) is 0.168. The number of nitrogens with one attached hydrogen (secondary N) is 2. The fourth-order valence-corrected chi connectivity index (χ4v) is 7.83. The summed E-state index contributed by atoms with van der Waals surface area (Å²) < 4.78 is 16.3. The molecule has 4 aromatic rings. The molecule has 0 unspecified atom stereocenters. The number of rotatable bonds is 11. The molecule has 3 aliphatic rings. The first kappa shape index (κ1) is 36.4. The van der Waals surface area contributed by atoms with Gasteiger partial charge in [0, 0.05) is 47.1 Å². The van der Waals surface area contributed by atoms with Crippen LogP contribution >= 0.6 is 23.2 Å². The molecule has 2 aromatic heterocycles. The number of amides is 1. The maximum absolute atomic E-state index is 12.0. The highest BCUT2D eigenvalue weighted by molar-refractivity contribution is 6.39. The lowest BCUT2D eigenvalue weighted by molar-refractivity contribution is -0.147. The van der Waals surface area contributed by atoms with Crippen LogP contribution in [0.15, 0.2) is 60.4 Å². The Bertz CT molecular complexity index is 2070. The Labute approximate surface area is 318 Å². The highest BCUT2D eigenvalue weighted by Gasteiger charge is 2.30. The maximum atomic E-state index is 12.0. The van der Waals surface area contributed by atoms with Crippen LogP contribution in [0.4, 0.5) is 5.69 Å². The number of esters is 1. The van der Waals surface area contributed by atoms with E-state index in [0.717, 1.165) is 70.8 Å². The molecule has 2 N–H and O–H groups in total. The molecule has 53 heavy (non-hydrogen) atoms. The number of methoxy groups -OCH3 is 3. The topological polar surface area (TPSA) is 131 Å². The molecule has 0 spiro atoms. The van der Waals surface area contributed by atoms with Crippen molar-refractivity contribution in [1.82, 2.24) is 30.5 Å². The van der Waals surface area contributed by atoms with E-state index in [2.05, 4.69) is 20.4 Å². The Morgan fingerprint density at radius 1 is 0.906 bits per heavy atom. The van der Waals surface area contributed by atoms with Crippen molar-refractivity contribution in [3.63, 3.8) is 0 Å². The Balaban J connectivity index is 1.09. The van der Waals surface area contributed by atoms with Gasteiger partial charge in [0.15, 0.2) is 0 Å². The number of carbonyl (C=O) groups excluding carboxylic acids is 2. The van der Waals surface area contributed by atoms with Crippen LogP contribution in [0.1, 0.15) is 48.3 Å². The summed E-state index contributed by atoms with van der Waals surface area (Å²) in [5.41, 5.74) is 7.39. The Morgan fingerprint density at radius 2 is 1.64 bits per heavy atom. The molecule has 3 aliphatic heterocycles. The van der Waals surface area contributed by atoms with Gasteiger partial charge in [-0.1, -0.05) is 53.5 Å². The van der Waals surface area contributed by atoms with Crippen LogP contribution in [-0.4, -0.2) is 66.1 Å². The third kappa shape index (κ3) is 7.76. The number of ether oxygens (including phenoxy) is 3. The van der Waals surface area contributed by atoms with Crippen LogP contribution in [0.5, 0.6) is 11.8 Å². The minimum atomic E-state index is -0.141. The zero-order valence-corrected chi connectivity index (χ0v) is 31.4. The van der Waals surface area contributed by atoms with Gasteiger partial charge in [-0.3, -0.25) is 14.5 Å². The second-order valence-electron chi connectivity index (χ2n) is 13.3. The molecule has 0 bridgehead atoms. The van der Waals surface area contributed by atoms with Crippen molar-refractivity contribution in [2.24, 2.45) is 5.92 Å². The monoisotopic (exact) mass is 757 g/mol. The second-order valence-corrected chi connectivity index (χ2v) is 14.0. The molecule has 14 heteroatoms. The number of carbonyl (C=O) groups is 2. The number of nitrogens with zero attached hydrogens (tertiary/aromatic N) is 5. The molecule has 12 nitrogen and oxygen atoms in total. The van der Waals surface area contributed by atoms with Gasteiger partial charge < -0.3 is 29.7 Å². The average Bonchev–Trinajstić information content (AvgIpc) is 3.80. The lowest BCUT2D eigenvalue weighted by atomic mass is 9.97. The van der Waals surface area contributed by atoms with E-state index in [1.807, 2.05) is 54.7 Å². The summed E-state index contributed by atoms with van der Waals surface area (Å²) >= 11 is 14.3. The Hall–Kier alpha value is -4.91. The minimum absolute atomic E-state index is 0.0304. The number of halogens is 2. The van der Waals surface area contributed by atoms with Gasteiger partial charge in [-0.05, 0) is 50.6 Å². The first-order valence-electron chi connectivity index (χ1n) is 17.6. The van der Waals surface area contributed by atoms with Gasteiger partial charge in [0.2, 0.25) is 17.7 Å². The zero-order chi connectivity index (χ0) is 37.1. The predicted octanol–water partition coefficient (Wildman–Crippen LogP) is 6.28. The third-order valence-corrected chi connectivity index (χ3v) is 10.8. The van der Waals surface area contributed by atoms with Crippen LogP contribution in [-0.2, 0) is 40.5 Å². The minimum Gasteiger partial charge on any atom is -0.481 e. The number of benzene rings is 2. The van der Waals surface area contributed by atoms with E-state index in [1.54, 1.807) is 14.2 Å². The van der Waals surface area contributed by atoms with E-state index in [1.165, 1.54) is 7.11 Å². The van der Waals surface area contributed by atoms with Gasteiger partial charge >= 0.3 is 5.97 Å². The van der Waals surface area contributed by atoms with Crippen molar-refractivity contribution in [3.05, 3.63) is 93.1 Å². The maximum Gasteiger partial charge on any atom is 0.308 e. The summed E-state index contributed by atoms with van der Waals surface area (Å²) in [6.07, 6.45) is 4.52. The summed E-state index contributed by atoms with van der Waals surface area (Å²) in [4.78, 5) is 42.4. The van der Waals surface area contributed by atoms with Crippen LogP contribution < -0.4 is 25.0 Å². The van der Waals surface area contributed by atoms with Crippen LogP contribution in [0.25, 0.3) is 22.4 Å². The number of likely N-dealkylation sites (tertiary alicyclic amines) is 1. The summed E-state index contributed by atoms with van der Waals surface area (Å²) in [7, 11) is 4.66. The average molecular weight is 759 g/mol. The molecule has 5 heterocycles. The van der Waals surface area contributed by atoms with Crippen molar-refractivity contribution in [2.45, 2.75) is 51.9 Å². The standard InChI is InChI=1S/C39H41Cl2N7O5/c1-51-37-24(18-42-19-25-11-13-34(49)43-25)10-12-30(45-37)28-8-4-6-26(35(28)40)27-7-5-9-32(36(27)41)48-20-29-31(21-48)44-33(46-38(29)52-2)22-47-16-14-23(15-17-47)39(50)53-3/h4-10,12,19,23,42H,11,13-18,20-22H2,1-3H3,(H,43,49)/b25-19+. The molecule has 2 saturated heterocycles. The molecule has 276 valence electrons. The van der Waals surface area contributed by atoms with Crippen molar-refractivity contribution in [2.75, 3.05) is 39.3 Å². The summed E-state index contributed by atoms with van der Waals surface area (Å²) in [6, 6.07) is 15.6. The third-order valence-electron chi connectivity index (χ3n) is 9.98. The van der Waals surface area contributed by atoms with Gasteiger partial charge in [0.05, 0.1) is 79.6 Å². The van der Waals surface area contributed by atoms with Gasteiger partial charge in [0.1, 0.15) is 5.82 Å². The van der Waals surface area contributed by atoms with Gasteiger partial charge in [-0.2, -0.15) is 4.98 Å². The van der Waals surface area contributed by atoms with E-state index >= 15 is 0 Å². The summed E-state index contributed by atoms with van der Waals surface area (Å²) in [5, 5.41) is 7.17. The molecule has 0 aliphatic carbocycles. The Morgan fingerprint density at radius 3 is 2.36 bits per heavy atom. The first-order valence-corrected chi connectivity index (χ1v) is 18.3. The molecular formula is C39H41Cl2N7O5. The molecule has 2 aromatic carbocycles. The number of anilines is 1. The molecular weight excluding hydrogens is 717 g/mol. The fourth-order valence-electron chi connectivity index (χ4n) is 7.16. The van der Waals surface area contributed by atoms with E-state index in [4.69, 9.17) is 52.4 Å². The molecule has 0 saturated carbocycles. The first-order chi connectivity index (χ1) is 25.8. The number of pyridine rings is 1. The smallest absolute Gasteiger partial charge is 0.308 e. The number of hydrogen-bond acceptors (Lipinski definition) is 11. The SMILES string of the molecule is COC(=O)C1CCN(Cc2nc3c(c(OC)n2)CN(c2cccc(-c4cccc(-c5ccc(CN/C=C6\CCC(=O)N6)c(OC)n5)c4Cl)c2Cl)C3)CC1. The zero-order valence-electron chi connectivity index (χ0n) is 29.9. The summed E-state index contributed by atoms with van der Waals surface area (Å²) in [5.74, 6) is 1.55. The van der Waals surface area contributed by atoms with Gasteiger partial charge in [-0.15, -0.1) is 0 Å². The highest BCUT2D eigenvalue weighted by atomic mass is 35.5. The number of piperidine rings is 1. The van der Waals surface area contributed by atoms with Crippen molar-refractivity contribution in [3.8, 4) is 34.1 Å². The van der Waals surface area contributed by atoms with Crippen molar-refractivity contribution >= 4 is 40.8 Å². The molecule has 1 amide bonds. The number of hydrogen-bond donors (Lipinski definition) is 2. The van der Waals surface area contributed by atoms with Crippen LogP contribution in [0.2, 0.25) is 10.0 Å². The highest BCUT2D eigenvalue weighted by Crippen LogP contribution is 2.44. The Kier molecular flexibility index (Phi) is 11.0. The molecule has 2 fully saturated rings. The summed E-state index contributed by atoms with van der Waals surface area (Å²) in [6.45, 7) is 3.67. The number of allylic oxidation sites excluding steroid dienone is 1. The lowest BCUT2D eigenvalue weighted by Gasteiger charge is -2.30. The molecule has 0 atom stereocenters. The van der Waals surface area contributed by atoms with Gasteiger partial charge in [-0.25, -0.2) is 9.97 Å². The van der Waals surface area contributed by atoms with E-state index in [9.17, 15) is 9.59 Å². The fraction of sp³-hybridized carbons (Fsp3) is 0.359. The van der Waals surface area contributed by atoms with Crippen molar-refractivity contribution < 1.29 is 23.8 Å². The van der Waals surface area contributed by atoms with Gasteiger partial charge in [0.25, 0.3) is 0 Å².